The molecule has 1 heterocycles. The Labute approximate surface area is 116 Å². The largest absolute Gasteiger partial charge is 0.477 e. The summed E-state index contributed by atoms with van der Waals surface area (Å²) in [4.78, 5) is 23.1. The lowest BCUT2D eigenvalue weighted by Crippen LogP contribution is -2.20. The van der Waals surface area contributed by atoms with Gasteiger partial charge in [-0.05, 0) is 13.0 Å². The molecule has 1 N–H and O–H groups in total. The van der Waals surface area contributed by atoms with Crippen LogP contribution in [0.3, 0.4) is 0 Å². The van der Waals surface area contributed by atoms with Crippen molar-refractivity contribution in [1.29, 1.82) is 0 Å². The van der Waals surface area contributed by atoms with E-state index in [4.69, 9.17) is 5.11 Å². The number of carboxylic acids is 1. The summed E-state index contributed by atoms with van der Waals surface area (Å²) in [6, 6.07) is 0.0693. The van der Waals surface area contributed by atoms with E-state index in [1.807, 2.05) is 0 Å². The molecule has 0 saturated heterocycles. The van der Waals surface area contributed by atoms with Crippen LogP contribution in [0.25, 0.3) is 10.9 Å². The summed E-state index contributed by atoms with van der Waals surface area (Å²) in [6.45, 7) is 1.20. The first-order valence-corrected chi connectivity index (χ1v) is 6.23. The third-order valence-corrected chi connectivity index (χ3v) is 3.71. The Kier molecular flexibility index (Phi) is 2.82. The maximum absolute atomic E-state index is 14.3. The zero-order valence-corrected chi connectivity index (χ0v) is 10.9. The lowest BCUT2D eigenvalue weighted by atomic mass is 10.1. The van der Waals surface area contributed by atoms with Crippen LogP contribution in [0.2, 0.25) is 0 Å². The second-order valence-electron chi connectivity index (χ2n) is 5.10. The molecule has 0 aliphatic heterocycles. The quantitative estimate of drug-likeness (QED) is 0.926. The normalized spacial score (nSPS) is 20.8. The number of fused-ring (bicyclic) bond motifs is 1. The summed E-state index contributed by atoms with van der Waals surface area (Å²) in [5, 5.41) is 8.62. The number of carbonyl (C=O) groups is 1. The second-order valence-corrected chi connectivity index (χ2v) is 5.10. The molecule has 2 atom stereocenters. The van der Waals surface area contributed by atoms with Crippen molar-refractivity contribution in [2.75, 3.05) is 0 Å². The molecule has 7 heteroatoms. The number of aromatic carboxylic acids is 1. The third-order valence-electron chi connectivity index (χ3n) is 3.71. The molecular weight excluding hydrogens is 287 g/mol. The predicted molar refractivity (Wildman–Crippen MR) is 68.4 cm³/mol. The van der Waals surface area contributed by atoms with E-state index in [-0.39, 0.29) is 17.5 Å². The van der Waals surface area contributed by atoms with E-state index in [0.717, 1.165) is 16.8 Å². The van der Waals surface area contributed by atoms with Crippen LogP contribution < -0.4 is 5.43 Å². The van der Waals surface area contributed by atoms with Crippen LogP contribution in [0.5, 0.6) is 0 Å². The molecule has 1 saturated carbocycles. The number of benzene rings is 1. The molecule has 0 bridgehead atoms. The molecule has 2 aromatic rings. The monoisotopic (exact) mass is 297 g/mol. The van der Waals surface area contributed by atoms with Crippen LogP contribution in [-0.4, -0.2) is 21.8 Å². The molecule has 3 rings (SSSR count). The maximum Gasteiger partial charge on any atom is 0.341 e. The van der Waals surface area contributed by atoms with Gasteiger partial charge in [0.25, 0.3) is 0 Å². The fraction of sp³-hybridized carbons (Fsp3) is 0.286. The van der Waals surface area contributed by atoms with Gasteiger partial charge in [0.15, 0.2) is 5.82 Å². The molecule has 0 spiro atoms. The highest BCUT2D eigenvalue weighted by Crippen LogP contribution is 2.41. The average molecular weight is 297 g/mol. The standard InChI is InChI=1S/C14H10F3NO3/c1-5-8(15)2-6-12(11(5)17)18(10-3-9(10)16)4-7(13(6)19)14(20)21/h2,4,9-10H,3H2,1H3,(H,20,21)/t9-,10+/m0/s1. The lowest BCUT2D eigenvalue weighted by molar-refractivity contribution is 0.0694. The van der Waals surface area contributed by atoms with Gasteiger partial charge in [-0.25, -0.2) is 18.0 Å². The number of nitrogens with zero attached hydrogens (tertiary/aromatic N) is 1. The fourth-order valence-corrected chi connectivity index (χ4v) is 2.39. The van der Waals surface area contributed by atoms with Crippen LogP contribution in [-0.2, 0) is 0 Å². The number of carboxylic acid groups (broad SMARTS) is 1. The molecule has 1 aliphatic rings. The molecule has 1 aromatic carbocycles. The van der Waals surface area contributed by atoms with Crippen LogP contribution in [0.1, 0.15) is 28.4 Å². The van der Waals surface area contributed by atoms with Crippen LogP contribution in [0.4, 0.5) is 13.2 Å². The zero-order chi connectivity index (χ0) is 15.5. The first-order chi connectivity index (χ1) is 9.82. The van der Waals surface area contributed by atoms with Gasteiger partial charge < -0.3 is 9.67 Å². The Morgan fingerprint density at radius 1 is 1.43 bits per heavy atom. The number of alkyl halides is 1. The van der Waals surface area contributed by atoms with Crippen molar-refractivity contribution in [3.63, 3.8) is 0 Å². The number of halogens is 3. The molecular formula is C14H10F3NO3. The Bertz CT molecular complexity index is 844. The van der Waals surface area contributed by atoms with E-state index in [1.54, 1.807) is 0 Å². The topological polar surface area (TPSA) is 59.3 Å². The summed E-state index contributed by atoms with van der Waals surface area (Å²) in [6.07, 6.45) is -0.202. The maximum atomic E-state index is 14.3. The van der Waals surface area contributed by atoms with E-state index < -0.39 is 46.2 Å². The van der Waals surface area contributed by atoms with Crippen molar-refractivity contribution in [3.05, 3.63) is 45.2 Å². The smallest absolute Gasteiger partial charge is 0.341 e. The minimum Gasteiger partial charge on any atom is -0.477 e. The summed E-state index contributed by atoms with van der Waals surface area (Å²) in [5.74, 6) is -3.44. The van der Waals surface area contributed by atoms with Gasteiger partial charge in [-0.3, -0.25) is 4.79 Å². The number of aromatic nitrogens is 1. The SMILES string of the molecule is Cc1c(F)cc2c(=O)c(C(=O)O)cn([C@@H]3C[C@@H]3F)c2c1F. The van der Waals surface area contributed by atoms with Crippen molar-refractivity contribution in [2.45, 2.75) is 25.6 Å². The molecule has 0 radical (unpaired) electrons. The lowest BCUT2D eigenvalue weighted by Gasteiger charge is -2.13. The molecule has 110 valence electrons. The van der Waals surface area contributed by atoms with E-state index in [2.05, 4.69) is 0 Å². The minimum absolute atomic E-state index is 0.104. The zero-order valence-electron chi connectivity index (χ0n) is 10.9. The van der Waals surface area contributed by atoms with Crippen molar-refractivity contribution in [3.8, 4) is 0 Å². The number of rotatable bonds is 2. The van der Waals surface area contributed by atoms with Crippen molar-refractivity contribution < 1.29 is 23.1 Å². The van der Waals surface area contributed by atoms with E-state index in [0.29, 0.717) is 0 Å². The Morgan fingerprint density at radius 3 is 2.57 bits per heavy atom. The first kappa shape index (κ1) is 13.7. The van der Waals surface area contributed by atoms with E-state index in [9.17, 15) is 22.8 Å². The van der Waals surface area contributed by atoms with Crippen LogP contribution in [0, 0.1) is 18.6 Å². The molecule has 1 fully saturated rings. The van der Waals surface area contributed by atoms with Crippen molar-refractivity contribution in [2.24, 2.45) is 0 Å². The molecule has 1 aromatic heterocycles. The highest BCUT2D eigenvalue weighted by molar-refractivity contribution is 5.93. The molecule has 1 aliphatic carbocycles. The van der Waals surface area contributed by atoms with E-state index in [1.165, 1.54) is 6.92 Å². The van der Waals surface area contributed by atoms with Gasteiger partial charge in [0, 0.05) is 18.2 Å². The van der Waals surface area contributed by atoms with Gasteiger partial charge in [-0.15, -0.1) is 0 Å². The number of hydrogen-bond acceptors (Lipinski definition) is 2. The summed E-state index contributed by atoms with van der Waals surface area (Å²) in [5.41, 5.74) is -2.17. The highest BCUT2D eigenvalue weighted by Gasteiger charge is 2.40. The van der Waals surface area contributed by atoms with Gasteiger partial charge in [-0.2, -0.15) is 0 Å². The van der Waals surface area contributed by atoms with Crippen molar-refractivity contribution >= 4 is 16.9 Å². The number of pyridine rings is 1. The number of hydrogen-bond donors (Lipinski definition) is 1. The molecule has 0 amide bonds. The summed E-state index contributed by atoms with van der Waals surface area (Å²) < 4.78 is 42.3. The minimum atomic E-state index is -1.52. The fourth-order valence-electron chi connectivity index (χ4n) is 2.39. The van der Waals surface area contributed by atoms with E-state index >= 15 is 0 Å². The van der Waals surface area contributed by atoms with Crippen molar-refractivity contribution in [1.82, 2.24) is 4.57 Å². The van der Waals surface area contributed by atoms with Gasteiger partial charge in [0.1, 0.15) is 17.6 Å². The second kappa shape index (κ2) is 4.34. The van der Waals surface area contributed by atoms with Crippen LogP contribution >= 0.6 is 0 Å². The molecule has 0 unspecified atom stereocenters. The summed E-state index contributed by atoms with van der Waals surface area (Å²) >= 11 is 0. The van der Waals surface area contributed by atoms with Crippen LogP contribution in [0.15, 0.2) is 17.1 Å². The Morgan fingerprint density at radius 2 is 2.05 bits per heavy atom. The van der Waals surface area contributed by atoms with Gasteiger partial charge in [-0.1, -0.05) is 0 Å². The molecule has 21 heavy (non-hydrogen) atoms. The molecule has 4 nitrogen and oxygen atoms in total. The highest BCUT2D eigenvalue weighted by atomic mass is 19.1. The Hall–Kier alpha value is -2.31. The summed E-state index contributed by atoms with van der Waals surface area (Å²) in [7, 11) is 0. The predicted octanol–water partition coefficient (Wildman–Crippen LogP) is 2.57. The van der Waals surface area contributed by atoms with Gasteiger partial charge >= 0.3 is 5.97 Å². The first-order valence-electron chi connectivity index (χ1n) is 6.23. The van der Waals surface area contributed by atoms with Gasteiger partial charge in [0.05, 0.1) is 16.9 Å². The third kappa shape index (κ3) is 1.91. The Balaban J connectivity index is 2.49. The van der Waals surface area contributed by atoms with Gasteiger partial charge in [0.2, 0.25) is 5.43 Å². The average Bonchev–Trinajstić information content (AvgIpc) is 3.14.